The minimum Gasteiger partial charge on any atom is -0.423 e. The molecular formula is C24H25NO6S. The van der Waals surface area contributed by atoms with Crippen LogP contribution in [-0.4, -0.2) is 31.8 Å². The van der Waals surface area contributed by atoms with E-state index in [4.69, 9.17) is 9.15 Å². The number of carbonyl (C=O) groups is 1. The van der Waals surface area contributed by atoms with E-state index in [-0.39, 0.29) is 16.2 Å². The Labute approximate surface area is 186 Å². The van der Waals surface area contributed by atoms with Crippen LogP contribution in [-0.2, 0) is 10.0 Å². The maximum Gasteiger partial charge on any atom is 0.343 e. The summed E-state index contributed by atoms with van der Waals surface area (Å²) in [6.45, 7) is 6.89. The number of ether oxygens (including phenoxy) is 1. The molecule has 1 fully saturated rings. The van der Waals surface area contributed by atoms with Crippen LogP contribution in [0.2, 0.25) is 0 Å². The maximum atomic E-state index is 13.0. The van der Waals surface area contributed by atoms with Crippen molar-refractivity contribution in [2.45, 2.75) is 32.1 Å². The summed E-state index contributed by atoms with van der Waals surface area (Å²) < 4.78 is 38.1. The molecule has 2 aromatic carbocycles. The molecular weight excluding hydrogens is 430 g/mol. The van der Waals surface area contributed by atoms with Gasteiger partial charge < -0.3 is 9.15 Å². The molecule has 168 valence electrons. The van der Waals surface area contributed by atoms with Crippen LogP contribution in [0.3, 0.4) is 0 Å². The highest BCUT2D eigenvalue weighted by Gasteiger charge is 2.31. The highest BCUT2D eigenvalue weighted by molar-refractivity contribution is 7.89. The van der Waals surface area contributed by atoms with E-state index in [9.17, 15) is 18.0 Å². The highest BCUT2D eigenvalue weighted by Crippen LogP contribution is 2.27. The quantitative estimate of drug-likeness (QED) is 0.335. The molecule has 0 radical (unpaired) electrons. The molecule has 1 aromatic heterocycles. The van der Waals surface area contributed by atoms with Gasteiger partial charge in [0.1, 0.15) is 11.3 Å². The van der Waals surface area contributed by atoms with Gasteiger partial charge in [0.25, 0.3) is 0 Å². The minimum atomic E-state index is -3.62. The zero-order valence-electron chi connectivity index (χ0n) is 18.2. The van der Waals surface area contributed by atoms with Gasteiger partial charge in [0.2, 0.25) is 10.0 Å². The molecule has 7 nitrogen and oxygen atoms in total. The van der Waals surface area contributed by atoms with Gasteiger partial charge in [0.05, 0.1) is 10.5 Å². The Hall–Kier alpha value is -2.97. The fourth-order valence-corrected chi connectivity index (χ4v) is 5.93. The lowest BCUT2D eigenvalue weighted by Gasteiger charge is -2.34. The van der Waals surface area contributed by atoms with Crippen molar-refractivity contribution in [3.63, 3.8) is 0 Å². The number of piperidine rings is 1. The molecule has 1 aliphatic rings. The molecule has 0 bridgehead atoms. The first-order chi connectivity index (χ1) is 15.1. The largest absolute Gasteiger partial charge is 0.423 e. The minimum absolute atomic E-state index is 0.151. The van der Waals surface area contributed by atoms with Crippen molar-refractivity contribution in [3.8, 4) is 5.75 Å². The van der Waals surface area contributed by atoms with E-state index in [0.29, 0.717) is 30.5 Å². The molecule has 32 heavy (non-hydrogen) atoms. The number of esters is 1. The summed E-state index contributed by atoms with van der Waals surface area (Å²) in [6, 6.07) is 12.0. The highest BCUT2D eigenvalue weighted by atomic mass is 32.2. The lowest BCUT2D eigenvalue weighted by atomic mass is 9.94. The lowest BCUT2D eigenvalue weighted by molar-refractivity contribution is 0.0735. The summed E-state index contributed by atoms with van der Waals surface area (Å²) in [5, 5.41) is 0.750. The molecule has 0 unspecified atom stereocenters. The number of hydrogen-bond donors (Lipinski definition) is 0. The van der Waals surface area contributed by atoms with E-state index in [0.717, 1.165) is 17.4 Å². The number of nitrogens with zero attached hydrogens (tertiary/aromatic N) is 1. The Bertz CT molecular complexity index is 1320. The molecule has 4 rings (SSSR count). The first-order valence-corrected chi connectivity index (χ1v) is 11.9. The van der Waals surface area contributed by atoms with Crippen LogP contribution in [0.1, 0.15) is 36.2 Å². The normalized spacial score (nSPS) is 19.7. The molecule has 8 heteroatoms. The van der Waals surface area contributed by atoms with Crippen molar-refractivity contribution in [2.75, 3.05) is 13.1 Å². The SMILES string of the molecule is Cc1cc(=O)oc2cc(OC(=O)c3ccc(S(=O)(=O)N4C[C@H](C)C[C@H](C)C4)cc3)ccc12. The Balaban J connectivity index is 1.52. The van der Waals surface area contributed by atoms with Crippen molar-refractivity contribution in [1.29, 1.82) is 0 Å². The van der Waals surface area contributed by atoms with Crippen LogP contribution < -0.4 is 10.4 Å². The molecule has 0 aliphatic carbocycles. The van der Waals surface area contributed by atoms with Crippen LogP contribution in [0.15, 0.2) is 62.6 Å². The average Bonchev–Trinajstić information content (AvgIpc) is 2.72. The molecule has 1 saturated heterocycles. The van der Waals surface area contributed by atoms with Gasteiger partial charge in [0, 0.05) is 30.6 Å². The van der Waals surface area contributed by atoms with Gasteiger partial charge in [-0.15, -0.1) is 0 Å². The first-order valence-electron chi connectivity index (χ1n) is 10.5. The first kappa shape index (κ1) is 22.2. The Kier molecular flexibility index (Phi) is 5.92. The smallest absolute Gasteiger partial charge is 0.343 e. The van der Waals surface area contributed by atoms with E-state index < -0.39 is 21.6 Å². The van der Waals surface area contributed by atoms with E-state index in [2.05, 4.69) is 13.8 Å². The van der Waals surface area contributed by atoms with Crippen LogP contribution in [0.5, 0.6) is 5.75 Å². The second-order valence-electron chi connectivity index (χ2n) is 8.59. The number of rotatable bonds is 4. The third-order valence-electron chi connectivity index (χ3n) is 5.70. The Morgan fingerprint density at radius 2 is 1.69 bits per heavy atom. The van der Waals surface area contributed by atoms with Gasteiger partial charge in [-0.3, -0.25) is 0 Å². The Morgan fingerprint density at radius 3 is 2.34 bits per heavy atom. The van der Waals surface area contributed by atoms with Crippen molar-refractivity contribution < 1.29 is 22.4 Å². The summed E-state index contributed by atoms with van der Waals surface area (Å²) in [5.41, 5.74) is 0.832. The van der Waals surface area contributed by atoms with E-state index in [1.165, 1.54) is 40.7 Å². The van der Waals surface area contributed by atoms with Gasteiger partial charge in [-0.25, -0.2) is 18.0 Å². The number of carbonyl (C=O) groups excluding carboxylic acids is 1. The third kappa shape index (κ3) is 4.47. The topological polar surface area (TPSA) is 93.9 Å². The number of hydrogen-bond acceptors (Lipinski definition) is 6. The van der Waals surface area contributed by atoms with Crippen molar-refractivity contribution in [2.24, 2.45) is 11.8 Å². The molecule has 3 aromatic rings. The summed E-state index contributed by atoms with van der Waals surface area (Å²) in [5.74, 6) is 0.198. The fourth-order valence-electron chi connectivity index (χ4n) is 4.25. The molecule has 0 amide bonds. The summed E-state index contributed by atoms with van der Waals surface area (Å²) in [6.07, 6.45) is 1.01. The molecule has 0 spiro atoms. The van der Waals surface area contributed by atoms with Crippen LogP contribution in [0.25, 0.3) is 11.0 Å². The predicted octanol–water partition coefficient (Wildman–Crippen LogP) is 3.99. The second-order valence-corrected chi connectivity index (χ2v) is 10.5. The summed E-state index contributed by atoms with van der Waals surface area (Å²) in [4.78, 5) is 24.3. The summed E-state index contributed by atoms with van der Waals surface area (Å²) >= 11 is 0. The van der Waals surface area contributed by atoms with Gasteiger partial charge >= 0.3 is 11.6 Å². The van der Waals surface area contributed by atoms with Crippen LogP contribution in [0.4, 0.5) is 0 Å². The van der Waals surface area contributed by atoms with Gasteiger partial charge in [-0.05, 0) is 67.1 Å². The standard InChI is InChI=1S/C24H25NO6S/c1-15-10-16(2)14-25(13-15)32(28,29)20-7-4-18(5-8-20)24(27)30-19-6-9-21-17(3)11-23(26)31-22(21)12-19/h4-9,11-12,15-16H,10,13-14H2,1-3H3/t15-,16+. The average molecular weight is 456 g/mol. The van der Waals surface area contributed by atoms with Crippen LogP contribution in [0, 0.1) is 18.8 Å². The Morgan fingerprint density at radius 1 is 1.03 bits per heavy atom. The fraction of sp³-hybridized carbons (Fsp3) is 0.333. The maximum absolute atomic E-state index is 13.0. The van der Waals surface area contributed by atoms with Crippen molar-refractivity contribution in [1.82, 2.24) is 4.31 Å². The van der Waals surface area contributed by atoms with E-state index in [1.807, 2.05) is 0 Å². The number of aryl methyl sites for hydroxylation is 1. The number of benzene rings is 2. The van der Waals surface area contributed by atoms with Crippen molar-refractivity contribution in [3.05, 3.63) is 70.1 Å². The van der Waals surface area contributed by atoms with E-state index in [1.54, 1.807) is 19.1 Å². The monoisotopic (exact) mass is 455 g/mol. The lowest BCUT2D eigenvalue weighted by Crippen LogP contribution is -2.42. The second kappa shape index (κ2) is 8.52. The van der Waals surface area contributed by atoms with Gasteiger partial charge in [0.15, 0.2) is 0 Å². The van der Waals surface area contributed by atoms with Gasteiger partial charge in [-0.1, -0.05) is 13.8 Å². The van der Waals surface area contributed by atoms with Gasteiger partial charge in [-0.2, -0.15) is 4.31 Å². The molecule has 0 N–H and O–H groups in total. The number of sulfonamides is 1. The zero-order valence-corrected chi connectivity index (χ0v) is 19.0. The molecule has 1 aliphatic heterocycles. The van der Waals surface area contributed by atoms with Crippen molar-refractivity contribution >= 4 is 27.0 Å². The molecule has 2 heterocycles. The number of fused-ring (bicyclic) bond motifs is 1. The summed E-state index contributed by atoms with van der Waals surface area (Å²) in [7, 11) is -3.62. The third-order valence-corrected chi connectivity index (χ3v) is 7.54. The molecule has 2 atom stereocenters. The van der Waals surface area contributed by atoms with E-state index >= 15 is 0 Å². The zero-order chi connectivity index (χ0) is 23.0. The van der Waals surface area contributed by atoms with Crippen LogP contribution >= 0.6 is 0 Å². The predicted molar refractivity (Wildman–Crippen MR) is 120 cm³/mol. The molecule has 0 saturated carbocycles.